The first kappa shape index (κ1) is 12.9. The highest BCUT2D eigenvalue weighted by Crippen LogP contribution is 2.33. The van der Waals surface area contributed by atoms with Crippen molar-refractivity contribution < 1.29 is 14.3 Å². The van der Waals surface area contributed by atoms with Gasteiger partial charge in [0.2, 0.25) is 0 Å². The van der Waals surface area contributed by atoms with Crippen molar-refractivity contribution in [2.45, 2.75) is 25.3 Å². The van der Waals surface area contributed by atoms with Gasteiger partial charge in [0.15, 0.2) is 0 Å². The molecule has 1 aromatic rings. The molecule has 98 valence electrons. The number of hydrogen-bond acceptors (Lipinski definition) is 4. The number of cyclic esters (lactones) is 1. The van der Waals surface area contributed by atoms with Gasteiger partial charge in [-0.25, -0.2) is 4.79 Å². The molecule has 0 saturated carbocycles. The van der Waals surface area contributed by atoms with Crippen molar-refractivity contribution >= 4 is 5.97 Å². The monoisotopic (exact) mass is 249 g/mol. The van der Waals surface area contributed by atoms with Crippen molar-refractivity contribution in [1.82, 2.24) is 5.32 Å². The summed E-state index contributed by atoms with van der Waals surface area (Å²) in [6.45, 7) is 3.21. The second-order valence-corrected chi connectivity index (χ2v) is 4.41. The van der Waals surface area contributed by atoms with E-state index in [0.717, 1.165) is 24.2 Å². The SMILES string of the molecule is CCN[C@]1(c2cccc(OC)c2)CCCOC1=O. The lowest BCUT2D eigenvalue weighted by Gasteiger charge is -2.36. The van der Waals surface area contributed by atoms with E-state index in [2.05, 4.69) is 5.32 Å². The van der Waals surface area contributed by atoms with E-state index < -0.39 is 5.54 Å². The van der Waals surface area contributed by atoms with E-state index in [0.29, 0.717) is 13.2 Å². The summed E-state index contributed by atoms with van der Waals surface area (Å²) in [7, 11) is 1.62. The predicted octanol–water partition coefficient (Wildman–Crippen LogP) is 1.84. The maximum Gasteiger partial charge on any atom is 0.331 e. The molecule has 1 atom stereocenters. The summed E-state index contributed by atoms with van der Waals surface area (Å²) in [6, 6.07) is 7.61. The van der Waals surface area contributed by atoms with Crippen LogP contribution in [-0.4, -0.2) is 26.2 Å². The first-order valence-corrected chi connectivity index (χ1v) is 6.29. The van der Waals surface area contributed by atoms with Gasteiger partial charge in [0.1, 0.15) is 11.3 Å². The molecule has 1 saturated heterocycles. The van der Waals surface area contributed by atoms with E-state index in [-0.39, 0.29) is 5.97 Å². The van der Waals surface area contributed by atoms with Gasteiger partial charge in [-0.1, -0.05) is 19.1 Å². The van der Waals surface area contributed by atoms with Crippen molar-refractivity contribution in [2.75, 3.05) is 20.3 Å². The lowest BCUT2D eigenvalue weighted by molar-refractivity contribution is -0.157. The average molecular weight is 249 g/mol. The van der Waals surface area contributed by atoms with Crippen LogP contribution in [0.15, 0.2) is 24.3 Å². The number of esters is 1. The first-order valence-electron chi connectivity index (χ1n) is 6.29. The van der Waals surface area contributed by atoms with Crippen molar-refractivity contribution in [3.8, 4) is 5.75 Å². The summed E-state index contributed by atoms with van der Waals surface area (Å²) in [4.78, 5) is 12.2. The second-order valence-electron chi connectivity index (χ2n) is 4.41. The van der Waals surface area contributed by atoms with Crippen molar-refractivity contribution in [3.63, 3.8) is 0 Å². The van der Waals surface area contributed by atoms with E-state index >= 15 is 0 Å². The fourth-order valence-electron chi connectivity index (χ4n) is 2.44. The van der Waals surface area contributed by atoms with Gasteiger partial charge in [-0.05, 0) is 37.1 Å². The number of hydrogen-bond donors (Lipinski definition) is 1. The topological polar surface area (TPSA) is 47.6 Å². The Hall–Kier alpha value is -1.55. The minimum absolute atomic E-state index is 0.191. The largest absolute Gasteiger partial charge is 0.497 e. The number of ether oxygens (including phenoxy) is 2. The van der Waals surface area contributed by atoms with Gasteiger partial charge in [0, 0.05) is 0 Å². The Morgan fingerprint density at radius 2 is 2.33 bits per heavy atom. The fraction of sp³-hybridized carbons (Fsp3) is 0.500. The number of carbonyl (C=O) groups excluding carboxylic acids is 1. The lowest BCUT2D eigenvalue weighted by atomic mass is 9.84. The number of likely N-dealkylation sites (N-methyl/N-ethyl adjacent to an activating group) is 1. The third-order valence-electron chi connectivity index (χ3n) is 3.32. The number of rotatable bonds is 4. The van der Waals surface area contributed by atoms with Crippen LogP contribution in [0.2, 0.25) is 0 Å². The smallest absolute Gasteiger partial charge is 0.331 e. The normalized spacial score (nSPS) is 23.6. The van der Waals surface area contributed by atoms with Gasteiger partial charge in [-0.2, -0.15) is 0 Å². The van der Waals surface area contributed by atoms with Crippen LogP contribution in [0.3, 0.4) is 0 Å². The molecule has 0 bridgehead atoms. The van der Waals surface area contributed by atoms with Crippen LogP contribution in [-0.2, 0) is 15.1 Å². The highest BCUT2D eigenvalue weighted by atomic mass is 16.5. The van der Waals surface area contributed by atoms with Crippen molar-refractivity contribution in [1.29, 1.82) is 0 Å². The zero-order valence-electron chi connectivity index (χ0n) is 10.9. The van der Waals surface area contributed by atoms with E-state index in [1.54, 1.807) is 7.11 Å². The number of carbonyl (C=O) groups is 1. The molecule has 1 aromatic carbocycles. The van der Waals surface area contributed by atoms with Gasteiger partial charge in [0.05, 0.1) is 13.7 Å². The molecule has 0 radical (unpaired) electrons. The molecule has 0 spiro atoms. The summed E-state index contributed by atoms with van der Waals surface area (Å²) in [5, 5.41) is 3.29. The molecule has 2 rings (SSSR count). The lowest BCUT2D eigenvalue weighted by Crippen LogP contribution is -2.52. The fourth-order valence-corrected chi connectivity index (χ4v) is 2.44. The van der Waals surface area contributed by atoms with E-state index in [4.69, 9.17) is 9.47 Å². The molecule has 1 aliphatic rings. The summed E-state index contributed by atoms with van der Waals surface area (Å²) < 4.78 is 10.5. The van der Waals surface area contributed by atoms with Crippen LogP contribution in [0.5, 0.6) is 5.75 Å². The van der Waals surface area contributed by atoms with Crippen molar-refractivity contribution in [2.24, 2.45) is 0 Å². The highest BCUT2D eigenvalue weighted by molar-refractivity contribution is 5.83. The maximum absolute atomic E-state index is 12.2. The van der Waals surface area contributed by atoms with Crippen LogP contribution < -0.4 is 10.1 Å². The Morgan fingerprint density at radius 1 is 1.50 bits per heavy atom. The molecular formula is C14H19NO3. The summed E-state index contributed by atoms with van der Waals surface area (Å²) >= 11 is 0. The Bertz CT molecular complexity index is 429. The van der Waals surface area contributed by atoms with E-state index in [9.17, 15) is 4.79 Å². The van der Waals surface area contributed by atoms with Gasteiger partial charge in [-0.15, -0.1) is 0 Å². The number of methoxy groups -OCH3 is 1. The zero-order valence-corrected chi connectivity index (χ0v) is 10.9. The molecule has 4 nitrogen and oxygen atoms in total. The van der Waals surface area contributed by atoms with Crippen LogP contribution in [0.1, 0.15) is 25.3 Å². The molecule has 1 heterocycles. The van der Waals surface area contributed by atoms with Crippen LogP contribution >= 0.6 is 0 Å². The molecule has 0 aromatic heterocycles. The first-order chi connectivity index (χ1) is 8.73. The summed E-state index contributed by atoms with van der Waals surface area (Å²) in [5.41, 5.74) is 0.190. The molecule has 1 aliphatic heterocycles. The highest BCUT2D eigenvalue weighted by Gasteiger charge is 2.43. The molecular weight excluding hydrogens is 230 g/mol. The Kier molecular flexibility index (Phi) is 3.87. The number of benzene rings is 1. The van der Waals surface area contributed by atoms with Gasteiger partial charge >= 0.3 is 5.97 Å². The molecule has 0 unspecified atom stereocenters. The summed E-state index contributed by atoms with van der Waals surface area (Å²) in [6.07, 6.45) is 1.63. The third kappa shape index (κ3) is 2.20. The molecule has 0 amide bonds. The zero-order chi connectivity index (χ0) is 13.0. The van der Waals surface area contributed by atoms with Crippen molar-refractivity contribution in [3.05, 3.63) is 29.8 Å². The van der Waals surface area contributed by atoms with Gasteiger partial charge < -0.3 is 9.47 Å². The minimum atomic E-state index is -0.721. The molecule has 18 heavy (non-hydrogen) atoms. The van der Waals surface area contributed by atoms with Gasteiger partial charge in [0.25, 0.3) is 0 Å². The Balaban J connectivity index is 2.41. The second kappa shape index (κ2) is 5.40. The maximum atomic E-state index is 12.2. The Morgan fingerprint density at radius 3 is 3.00 bits per heavy atom. The average Bonchev–Trinajstić information content (AvgIpc) is 2.42. The Labute approximate surface area is 107 Å². The standard InChI is InChI=1S/C14H19NO3/c1-3-15-14(8-5-9-18-13(14)16)11-6-4-7-12(10-11)17-2/h4,6-7,10,15H,3,5,8-9H2,1-2H3/t14-/m0/s1. The molecule has 4 heteroatoms. The predicted molar refractivity (Wildman–Crippen MR) is 68.5 cm³/mol. The third-order valence-corrected chi connectivity index (χ3v) is 3.32. The van der Waals surface area contributed by atoms with E-state index in [1.165, 1.54) is 0 Å². The number of nitrogens with one attached hydrogen (secondary N) is 1. The van der Waals surface area contributed by atoms with Crippen LogP contribution in [0.4, 0.5) is 0 Å². The molecule has 1 fully saturated rings. The molecule has 1 N–H and O–H groups in total. The minimum Gasteiger partial charge on any atom is -0.497 e. The van der Waals surface area contributed by atoms with Crippen LogP contribution in [0, 0.1) is 0 Å². The van der Waals surface area contributed by atoms with Gasteiger partial charge in [-0.3, -0.25) is 5.32 Å². The quantitative estimate of drug-likeness (QED) is 0.827. The molecule has 0 aliphatic carbocycles. The van der Waals surface area contributed by atoms with Crippen LogP contribution in [0.25, 0.3) is 0 Å². The van der Waals surface area contributed by atoms with E-state index in [1.807, 2.05) is 31.2 Å². The summed E-state index contributed by atoms with van der Waals surface area (Å²) in [5.74, 6) is 0.562.